The van der Waals surface area contributed by atoms with Crippen molar-refractivity contribution in [2.75, 3.05) is 29.4 Å². The zero-order valence-electron chi connectivity index (χ0n) is 16.4. The Morgan fingerprint density at radius 1 is 1.27 bits per heavy atom. The highest BCUT2D eigenvalue weighted by molar-refractivity contribution is 7.13. The van der Waals surface area contributed by atoms with E-state index in [0.717, 1.165) is 43.3 Å². The van der Waals surface area contributed by atoms with E-state index in [2.05, 4.69) is 35.0 Å². The SMILES string of the molecule is CCN1C(=O)CC2(CCN(c3nccs3)CC2)c2ccccc21.O=C(O)C(F)(F)F. The second kappa shape index (κ2) is 8.63. The van der Waals surface area contributed by atoms with E-state index in [9.17, 15) is 18.0 Å². The molecule has 1 fully saturated rings. The van der Waals surface area contributed by atoms with Crippen LogP contribution in [0.5, 0.6) is 0 Å². The molecular weight excluding hydrogens is 419 g/mol. The molecule has 3 heterocycles. The van der Waals surface area contributed by atoms with E-state index >= 15 is 0 Å². The van der Waals surface area contributed by atoms with Crippen molar-refractivity contribution < 1.29 is 27.9 Å². The van der Waals surface area contributed by atoms with Gasteiger partial charge in [-0.05, 0) is 31.4 Å². The van der Waals surface area contributed by atoms with Gasteiger partial charge in [-0.3, -0.25) is 4.79 Å². The largest absolute Gasteiger partial charge is 0.490 e. The van der Waals surface area contributed by atoms with Crippen molar-refractivity contribution in [2.45, 2.75) is 37.8 Å². The van der Waals surface area contributed by atoms with Gasteiger partial charge in [0.1, 0.15) is 0 Å². The Morgan fingerprint density at radius 2 is 1.90 bits per heavy atom. The molecule has 0 radical (unpaired) electrons. The molecule has 1 aromatic carbocycles. The maximum Gasteiger partial charge on any atom is 0.490 e. The van der Waals surface area contributed by atoms with Crippen LogP contribution in [0.4, 0.5) is 24.0 Å². The third kappa shape index (κ3) is 4.43. The van der Waals surface area contributed by atoms with Crippen LogP contribution in [-0.4, -0.2) is 47.8 Å². The van der Waals surface area contributed by atoms with Gasteiger partial charge in [0.25, 0.3) is 0 Å². The van der Waals surface area contributed by atoms with Crippen LogP contribution < -0.4 is 9.80 Å². The molecule has 0 bridgehead atoms. The molecule has 1 spiro atoms. The number of carboxylic acids is 1. The third-order valence-electron chi connectivity index (χ3n) is 5.53. The van der Waals surface area contributed by atoms with Crippen molar-refractivity contribution >= 4 is 34.0 Å². The summed E-state index contributed by atoms with van der Waals surface area (Å²) in [6.07, 6.45) is -0.535. The minimum Gasteiger partial charge on any atom is -0.475 e. The molecule has 1 aromatic heterocycles. The van der Waals surface area contributed by atoms with Crippen molar-refractivity contribution in [2.24, 2.45) is 0 Å². The van der Waals surface area contributed by atoms with Crippen LogP contribution in [0.25, 0.3) is 0 Å². The number of aliphatic carboxylic acids is 1. The Labute approximate surface area is 175 Å². The second-order valence-electron chi connectivity index (χ2n) is 7.22. The fraction of sp³-hybridized carbons (Fsp3) is 0.450. The zero-order chi connectivity index (χ0) is 21.9. The minimum absolute atomic E-state index is 0.00705. The number of nitrogens with zero attached hydrogens (tertiary/aromatic N) is 3. The first-order chi connectivity index (χ1) is 14.2. The zero-order valence-corrected chi connectivity index (χ0v) is 17.2. The summed E-state index contributed by atoms with van der Waals surface area (Å²) in [5, 5.41) is 10.3. The molecule has 1 N–H and O–H groups in total. The molecule has 1 saturated heterocycles. The summed E-state index contributed by atoms with van der Waals surface area (Å²) >= 11 is 1.69. The fourth-order valence-electron chi connectivity index (χ4n) is 4.06. The van der Waals surface area contributed by atoms with Gasteiger partial charge >= 0.3 is 12.1 Å². The summed E-state index contributed by atoms with van der Waals surface area (Å²) in [5.41, 5.74) is 2.49. The van der Waals surface area contributed by atoms with E-state index in [4.69, 9.17) is 9.90 Å². The number of rotatable bonds is 2. The summed E-state index contributed by atoms with van der Waals surface area (Å²) in [4.78, 5) is 30.3. The summed E-state index contributed by atoms with van der Waals surface area (Å²) in [6.45, 7) is 4.75. The number of piperidine rings is 1. The summed E-state index contributed by atoms with van der Waals surface area (Å²) in [5.74, 6) is -2.48. The van der Waals surface area contributed by atoms with Crippen molar-refractivity contribution in [3.63, 3.8) is 0 Å². The molecule has 2 aliphatic heterocycles. The monoisotopic (exact) mass is 441 g/mol. The average Bonchev–Trinajstić information content (AvgIpc) is 3.23. The van der Waals surface area contributed by atoms with Gasteiger partial charge in [0.05, 0.1) is 0 Å². The highest BCUT2D eigenvalue weighted by atomic mass is 32.1. The minimum atomic E-state index is -5.08. The predicted molar refractivity (Wildman–Crippen MR) is 108 cm³/mol. The summed E-state index contributed by atoms with van der Waals surface area (Å²) in [6, 6.07) is 8.48. The van der Waals surface area contributed by atoms with E-state index in [0.29, 0.717) is 6.42 Å². The third-order valence-corrected chi connectivity index (χ3v) is 6.36. The molecule has 10 heteroatoms. The van der Waals surface area contributed by atoms with Crippen LogP contribution >= 0.6 is 11.3 Å². The molecular formula is C20H22F3N3O3S. The van der Waals surface area contributed by atoms with Crippen molar-refractivity contribution in [1.29, 1.82) is 0 Å². The van der Waals surface area contributed by atoms with Gasteiger partial charge in [-0.15, -0.1) is 11.3 Å². The molecule has 1 amide bonds. The molecule has 6 nitrogen and oxygen atoms in total. The lowest BCUT2D eigenvalue weighted by molar-refractivity contribution is -0.192. The van der Waals surface area contributed by atoms with Gasteiger partial charge in [-0.1, -0.05) is 18.2 Å². The van der Waals surface area contributed by atoms with Gasteiger partial charge in [0, 0.05) is 48.7 Å². The Hall–Kier alpha value is -2.62. The number of amides is 1. The molecule has 4 rings (SSSR count). The first-order valence-electron chi connectivity index (χ1n) is 9.52. The number of para-hydroxylation sites is 1. The number of halogens is 3. The lowest BCUT2D eigenvalue weighted by Gasteiger charge is -2.47. The van der Waals surface area contributed by atoms with Crippen LogP contribution in [0, 0.1) is 0 Å². The molecule has 0 aliphatic carbocycles. The Kier molecular flexibility index (Phi) is 6.35. The number of hydrogen-bond donors (Lipinski definition) is 1. The lowest BCUT2D eigenvalue weighted by Crippen LogP contribution is -2.50. The standard InChI is InChI=1S/C18H21N3OS.C2HF3O2/c1-2-21-15-6-4-3-5-14(15)18(13-16(21)22)7-10-20(11-8-18)17-19-9-12-23-17;3-2(4,5)1(6)7/h3-6,9,12H,2,7-8,10-11,13H2,1H3;(H,6,7). The van der Waals surface area contributed by atoms with Crippen LogP contribution in [0.2, 0.25) is 0 Å². The van der Waals surface area contributed by atoms with Gasteiger partial charge in [0.15, 0.2) is 5.13 Å². The highest BCUT2D eigenvalue weighted by Crippen LogP contribution is 2.47. The second-order valence-corrected chi connectivity index (χ2v) is 8.09. The van der Waals surface area contributed by atoms with E-state index in [-0.39, 0.29) is 11.3 Å². The molecule has 162 valence electrons. The first-order valence-corrected chi connectivity index (χ1v) is 10.4. The van der Waals surface area contributed by atoms with Crippen LogP contribution in [0.1, 0.15) is 31.7 Å². The predicted octanol–water partition coefficient (Wildman–Crippen LogP) is 4.07. The number of aromatic nitrogens is 1. The van der Waals surface area contributed by atoms with Crippen molar-refractivity contribution in [3.8, 4) is 0 Å². The van der Waals surface area contributed by atoms with Gasteiger partial charge in [-0.2, -0.15) is 13.2 Å². The molecule has 2 aromatic rings. The molecule has 30 heavy (non-hydrogen) atoms. The Bertz CT molecular complexity index is 894. The fourth-order valence-corrected chi connectivity index (χ4v) is 4.76. The van der Waals surface area contributed by atoms with Crippen LogP contribution in [0.15, 0.2) is 35.8 Å². The Morgan fingerprint density at radius 3 is 2.43 bits per heavy atom. The van der Waals surface area contributed by atoms with E-state index in [1.165, 1.54) is 5.56 Å². The van der Waals surface area contributed by atoms with Gasteiger partial charge in [0.2, 0.25) is 5.91 Å². The van der Waals surface area contributed by atoms with E-state index < -0.39 is 12.1 Å². The molecule has 0 saturated carbocycles. The lowest BCUT2D eigenvalue weighted by atomic mass is 9.67. The highest BCUT2D eigenvalue weighted by Gasteiger charge is 2.44. The van der Waals surface area contributed by atoms with Gasteiger partial charge in [-0.25, -0.2) is 9.78 Å². The van der Waals surface area contributed by atoms with Gasteiger partial charge < -0.3 is 14.9 Å². The number of anilines is 2. The molecule has 0 unspecified atom stereocenters. The molecule has 2 aliphatic rings. The van der Waals surface area contributed by atoms with E-state index in [1.807, 2.05) is 22.5 Å². The van der Waals surface area contributed by atoms with E-state index in [1.54, 1.807) is 11.3 Å². The number of thiazole rings is 1. The van der Waals surface area contributed by atoms with Crippen LogP contribution in [-0.2, 0) is 15.0 Å². The quantitative estimate of drug-likeness (QED) is 0.761. The number of fused-ring (bicyclic) bond motifs is 2. The Balaban J connectivity index is 0.000000318. The number of hydrogen-bond acceptors (Lipinski definition) is 5. The number of carbonyl (C=O) groups excluding carboxylic acids is 1. The smallest absolute Gasteiger partial charge is 0.475 e. The summed E-state index contributed by atoms with van der Waals surface area (Å²) < 4.78 is 31.7. The maximum atomic E-state index is 12.7. The molecule has 0 atom stereocenters. The average molecular weight is 441 g/mol. The number of benzene rings is 1. The topological polar surface area (TPSA) is 73.7 Å². The van der Waals surface area contributed by atoms with Crippen molar-refractivity contribution in [3.05, 3.63) is 41.4 Å². The number of alkyl halides is 3. The van der Waals surface area contributed by atoms with Crippen LogP contribution in [0.3, 0.4) is 0 Å². The number of carbonyl (C=O) groups is 2. The van der Waals surface area contributed by atoms with Crippen molar-refractivity contribution in [1.82, 2.24) is 4.98 Å². The maximum absolute atomic E-state index is 12.7. The number of carboxylic acid groups (broad SMARTS) is 1. The first kappa shape index (κ1) is 22.1. The normalized spacial score (nSPS) is 17.9. The summed E-state index contributed by atoms with van der Waals surface area (Å²) in [7, 11) is 0.